The van der Waals surface area contributed by atoms with Crippen LogP contribution < -0.4 is 10.1 Å². The second-order valence-electron chi connectivity index (χ2n) is 4.53. The molecule has 100 valence electrons. The number of hydrogen-bond acceptors (Lipinski definition) is 3. The summed E-state index contributed by atoms with van der Waals surface area (Å²) in [6.45, 7) is 4.05. The fourth-order valence-corrected chi connectivity index (χ4v) is 2.13. The van der Waals surface area contributed by atoms with Gasteiger partial charge in [-0.2, -0.15) is 0 Å². The smallest absolute Gasteiger partial charge is 0.304 e. The number of nitrogens with one attached hydrogen (secondary N) is 1. The quantitative estimate of drug-likeness (QED) is 0.811. The van der Waals surface area contributed by atoms with Crippen molar-refractivity contribution in [3.05, 3.63) is 28.8 Å². The van der Waals surface area contributed by atoms with Crippen molar-refractivity contribution in [2.24, 2.45) is 0 Å². The first kappa shape index (κ1) is 14.5. The number of carbonyl (C=O) groups is 1. The number of aryl methyl sites for hydroxylation is 2. The number of carboxylic acid groups (broad SMARTS) is 1. The van der Waals surface area contributed by atoms with Gasteiger partial charge in [-0.1, -0.05) is 0 Å². The lowest BCUT2D eigenvalue weighted by Gasteiger charge is -2.18. The van der Waals surface area contributed by atoms with E-state index in [1.807, 2.05) is 26.0 Å². The molecule has 0 saturated carbocycles. The zero-order valence-electron chi connectivity index (χ0n) is 11.4. The molecule has 0 aliphatic heterocycles. The summed E-state index contributed by atoms with van der Waals surface area (Å²) in [4.78, 5) is 10.8. The van der Waals surface area contributed by atoms with Crippen LogP contribution >= 0.6 is 0 Å². The third-order valence-electron chi connectivity index (χ3n) is 3.19. The molecular formula is C14H21NO3. The highest BCUT2D eigenvalue weighted by molar-refractivity contribution is 5.67. The van der Waals surface area contributed by atoms with E-state index >= 15 is 0 Å². The van der Waals surface area contributed by atoms with Crippen molar-refractivity contribution in [2.45, 2.75) is 32.7 Å². The molecule has 0 fully saturated rings. The largest absolute Gasteiger partial charge is 0.497 e. The fourth-order valence-electron chi connectivity index (χ4n) is 2.13. The molecule has 0 spiro atoms. The predicted molar refractivity (Wildman–Crippen MR) is 71.3 cm³/mol. The number of rotatable bonds is 6. The lowest BCUT2D eigenvalue weighted by Crippen LogP contribution is -2.30. The summed E-state index contributed by atoms with van der Waals surface area (Å²) in [6.07, 6.45) is 0.839. The number of benzene rings is 1. The molecule has 4 nitrogen and oxygen atoms in total. The standard InChI is InChI=1S/C14H21NO3/c1-9-5-12(18-4)6-10(2)13(9)7-11(15-3)8-14(16)17/h5-6,11,15H,7-8H2,1-4H3,(H,16,17). The second kappa shape index (κ2) is 6.40. The average molecular weight is 251 g/mol. The summed E-state index contributed by atoms with van der Waals surface area (Å²) < 4.78 is 5.22. The van der Waals surface area contributed by atoms with Crippen molar-refractivity contribution >= 4 is 5.97 Å². The van der Waals surface area contributed by atoms with Crippen molar-refractivity contribution in [2.75, 3.05) is 14.2 Å². The number of aliphatic carboxylic acids is 1. The highest BCUT2D eigenvalue weighted by Gasteiger charge is 2.15. The number of ether oxygens (including phenoxy) is 1. The van der Waals surface area contributed by atoms with Crippen LogP contribution in [0, 0.1) is 13.8 Å². The molecule has 1 aromatic carbocycles. The Morgan fingerprint density at radius 1 is 1.39 bits per heavy atom. The normalized spacial score (nSPS) is 12.2. The molecule has 2 N–H and O–H groups in total. The molecule has 0 aromatic heterocycles. The number of likely N-dealkylation sites (N-methyl/N-ethyl adjacent to an activating group) is 1. The predicted octanol–water partition coefficient (Wildman–Crippen LogP) is 1.92. The van der Waals surface area contributed by atoms with Crippen molar-refractivity contribution < 1.29 is 14.6 Å². The van der Waals surface area contributed by atoms with E-state index in [9.17, 15) is 4.79 Å². The van der Waals surface area contributed by atoms with E-state index < -0.39 is 5.97 Å². The average Bonchev–Trinajstić information content (AvgIpc) is 2.31. The molecule has 4 heteroatoms. The van der Waals surface area contributed by atoms with E-state index in [2.05, 4.69) is 5.32 Å². The minimum Gasteiger partial charge on any atom is -0.497 e. The van der Waals surface area contributed by atoms with Crippen molar-refractivity contribution in [3.63, 3.8) is 0 Å². The Hall–Kier alpha value is -1.55. The van der Waals surface area contributed by atoms with Gasteiger partial charge in [0.25, 0.3) is 0 Å². The lowest BCUT2D eigenvalue weighted by molar-refractivity contribution is -0.137. The van der Waals surface area contributed by atoms with E-state index in [1.165, 1.54) is 5.56 Å². The van der Waals surface area contributed by atoms with Crippen LogP contribution in [-0.4, -0.2) is 31.3 Å². The second-order valence-corrected chi connectivity index (χ2v) is 4.53. The third-order valence-corrected chi connectivity index (χ3v) is 3.19. The van der Waals surface area contributed by atoms with Gasteiger partial charge in [0, 0.05) is 6.04 Å². The molecular weight excluding hydrogens is 230 g/mol. The van der Waals surface area contributed by atoms with Gasteiger partial charge >= 0.3 is 5.97 Å². The minimum atomic E-state index is -0.779. The van der Waals surface area contributed by atoms with Gasteiger partial charge in [-0.15, -0.1) is 0 Å². The first-order valence-electron chi connectivity index (χ1n) is 6.01. The number of carboxylic acids is 1. The Balaban J connectivity index is 2.92. The molecule has 18 heavy (non-hydrogen) atoms. The van der Waals surface area contributed by atoms with E-state index in [-0.39, 0.29) is 12.5 Å². The summed E-state index contributed by atoms with van der Waals surface area (Å²) in [5.41, 5.74) is 3.46. The molecule has 1 unspecified atom stereocenters. The van der Waals surface area contributed by atoms with Crippen LogP contribution in [0.3, 0.4) is 0 Å². The highest BCUT2D eigenvalue weighted by Crippen LogP contribution is 2.23. The van der Waals surface area contributed by atoms with E-state index in [1.54, 1.807) is 14.2 Å². The van der Waals surface area contributed by atoms with Crippen LogP contribution in [0.1, 0.15) is 23.1 Å². The molecule has 1 rings (SSSR count). The number of hydrogen-bond donors (Lipinski definition) is 2. The third kappa shape index (κ3) is 3.74. The van der Waals surface area contributed by atoms with Crippen LogP contribution in [0.25, 0.3) is 0 Å². The topological polar surface area (TPSA) is 58.6 Å². The van der Waals surface area contributed by atoms with Crippen LogP contribution in [0.5, 0.6) is 5.75 Å². The Bertz CT molecular complexity index is 406. The number of methoxy groups -OCH3 is 1. The highest BCUT2D eigenvalue weighted by atomic mass is 16.5. The van der Waals surface area contributed by atoms with Crippen molar-refractivity contribution in [3.8, 4) is 5.75 Å². The molecule has 1 aromatic rings. The minimum absolute atomic E-state index is 0.0479. The van der Waals surface area contributed by atoms with Gasteiger partial charge in [0.05, 0.1) is 13.5 Å². The van der Waals surface area contributed by atoms with E-state index in [4.69, 9.17) is 9.84 Å². The van der Waals surface area contributed by atoms with Crippen LogP contribution in [0.15, 0.2) is 12.1 Å². The Morgan fingerprint density at radius 3 is 2.33 bits per heavy atom. The van der Waals surface area contributed by atoms with Gasteiger partial charge in [-0.3, -0.25) is 4.79 Å². The summed E-state index contributed by atoms with van der Waals surface area (Å²) in [5.74, 6) is 0.0613. The molecule has 0 bridgehead atoms. The Kier molecular flexibility index (Phi) is 5.16. The van der Waals surface area contributed by atoms with Crippen LogP contribution in [0.2, 0.25) is 0 Å². The maximum Gasteiger partial charge on any atom is 0.304 e. The first-order chi connectivity index (χ1) is 8.47. The molecule has 1 atom stereocenters. The van der Waals surface area contributed by atoms with Gasteiger partial charge < -0.3 is 15.2 Å². The van der Waals surface area contributed by atoms with Gasteiger partial charge in [0.1, 0.15) is 5.75 Å². The van der Waals surface area contributed by atoms with Gasteiger partial charge in [0.2, 0.25) is 0 Å². The lowest BCUT2D eigenvalue weighted by atomic mass is 9.95. The SMILES string of the molecule is CNC(CC(=O)O)Cc1c(C)cc(OC)cc1C. The van der Waals surface area contributed by atoms with Crippen molar-refractivity contribution in [1.82, 2.24) is 5.32 Å². The summed E-state index contributed by atoms with van der Waals surface area (Å²) in [6, 6.07) is 3.92. The molecule has 0 aliphatic rings. The summed E-state index contributed by atoms with van der Waals surface area (Å²) in [7, 11) is 3.44. The maximum atomic E-state index is 10.8. The molecule has 0 heterocycles. The Morgan fingerprint density at radius 2 is 1.94 bits per heavy atom. The van der Waals surface area contributed by atoms with E-state index in [0.29, 0.717) is 6.42 Å². The summed E-state index contributed by atoms with van der Waals surface area (Å²) >= 11 is 0. The zero-order chi connectivity index (χ0) is 13.7. The van der Waals surface area contributed by atoms with Crippen molar-refractivity contribution in [1.29, 1.82) is 0 Å². The molecule has 0 radical (unpaired) electrons. The Labute approximate surface area is 108 Å². The molecule has 0 aliphatic carbocycles. The molecule has 0 amide bonds. The maximum absolute atomic E-state index is 10.8. The van der Waals surface area contributed by atoms with Gasteiger partial charge in [-0.25, -0.2) is 0 Å². The fraction of sp³-hybridized carbons (Fsp3) is 0.500. The van der Waals surface area contributed by atoms with Crippen LogP contribution in [0.4, 0.5) is 0 Å². The van der Waals surface area contributed by atoms with Crippen LogP contribution in [-0.2, 0) is 11.2 Å². The van der Waals surface area contributed by atoms with E-state index in [0.717, 1.165) is 16.9 Å². The summed E-state index contributed by atoms with van der Waals surface area (Å²) in [5, 5.41) is 11.9. The monoisotopic (exact) mass is 251 g/mol. The molecule has 0 saturated heterocycles. The zero-order valence-corrected chi connectivity index (χ0v) is 11.4. The van der Waals surface area contributed by atoms with Gasteiger partial charge in [0.15, 0.2) is 0 Å². The first-order valence-corrected chi connectivity index (χ1v) is 6.01. The van der Waals surface area contributed by atoms with Gasteiger partial charge in [-0.05, 0) is 56.1 Å².